The molecule has 3 N–H and O–H groups in total. The Hall–Kier alpha value is -2.11. The number of aliphatic imine (C=N–C) groups is 1. The molecular weight excluding hydrogens is 337 g/mol. The van der Waals surface area contributed by atoms with Crippen LogP contribution in [0.5, 0.6) is 11.5 Å². The molecule has 0 saturated carbocycles. The van der Waals surface area contributed by atoms with Crippen LogP contribution in [0.2, 0.25) is 10.0 Å². The molecule has 0 radical (unpaired) electrons. The highest BCUT2D eigenvalue weighted by molar-refractivity contribution is 6.35. The van der Waals surface area contributed by atoms with Gasteiger partial charge in [-0.05, 0) is 29.8 Å². The molecule has 2 aromatic rings. The molecule has 122 valence electrons. The maximum absolute atomic E-state index is 6.11. The van der Waals surface area contributed by atoms with Crippen molar-refractivity contribution >= 4 is 34.8 Å². The highest BCUT2D eigenvalue weighted by Gasteiger charge is 2.06. The summed E-state index contributed by atoms with van der Waals surface area (Å²) in [5.41, 5.74) is 7.42. The van der Waals surface area contributed by atoms with Crippen LogP contribution in [0.4, 0.5) is 5.69 Å². The minimum Gasteiger partial charge on any atom is -0.497 e. The summed E-state index contributed by atoms with van der Waals surface area (Å²) in [4.78, 5) is 4.27. The van der Waals surface area contributed by atoms with Crippen LogP contribution in [-0.4, -0.2) is 20.2 Å². The highest BCUT2D eigenvalue weighted by atomic mass is 35.5. The Kier molecular flexibility index (Phi) is 5.96. The number of nitrogens with one attached hydrogen (secondary N) is 1. The molecule has 0 aromatic heterocycles. The number of benzene rings is 2. The molecule has 0 heterocycles. The third kappa shape index (κ3) is 4.68. The van der Waals surface area contributed by atoms with Gasteiger partial charge in [0.2, 0.25) is 0 Å². The summed E-state index contributed by atoms with van der Waals surface area (Å²) < 4.78 is 10.5. The first-order valence-electron chi connectivity index (χ1n) is 6.76. The van der Waals surface area contributed by atoms with Gasteiger partial charge in [-0.15, -0.1) is 0 Å². The summed E-state index contributed by atoms with van der Waals surface area (Å²) in [6, 6.07) is 10.6. The number of ether oxygens (including phenoxy) is 2. The summed E-state index contributed by atoms with van der Waals surface area (Å²) in [5, 5.41) is 4.12. The second kappa shape index (κ2) is 7.94. The van der Waals surface area contributed by atoms with Crippen molar-refractivity contribution in [3.8, 4) is 11.5 Å². The molecular formula is C16H17Cl2N3O2. The zero-order chi connectivity index (χ0) is 16.8. The predicted octanol–water partition coefficient (Wildman–Crippen LogP) is 3.94. The minimum atomic E-state index is 0.238. The molecule has 0 fully saturated rings. The summed E-state index contributed by atoms with van der Waals surface area (Å²) in [6.07, 6.45) is 0. The van der Waals surface area contributed by atoms with Gasteiger partial charge in [0, 0.05) is 16.1 Å². The fourth-order valence-electron chi connectivity index (χ4n) is 1.91. The Labute approximate surface area is 145 Å². The van der Waals surface area contributed by atoms with Gasteiger partial charge in [0.1, 0.15) is 11.5 Å². The lowest BCUT2D eigenvalue weighted by molar-refractivity contribution is 0.405. The van der Waals surface area contributed by atoms with Crippen LogP contribution >= 0.6 is 23.2 Å². The van der Waals surface area contributed by atoms with Gasteiger partial charge in [0.05, 0.1) is 26.5 Å². The number of guanidine groups is 1. The van der Waals surface area contributed by atoms with Crippen LogP contribution in [0.3, 0.4) is 0 Å². The lowest BCUT2D eigenvalue weighted by Gasteiger charge is -2.12. The molecule has 0 aliphatic heterocycles. The number of nitrogens with two attached hydrogens (primary N) is 1. The van der Waals surface area contributed by atoms with Crippen molar-refractivity contribution in [1.82, 2.24) is 0 Å². The van der Waals surface area contributed by atoms with Crippen LogP contribution in [-0.2, 0) is 6.54 Å². The first kappa shape index (κ1) is 17.2. The van der Waals surface area contributed by atoms with Crippen molar-refractivity contribution < 1.29 is 9.47 Å². The van der Waals surface area contributed by atoms with Crippen LogP contribution < -0.4 is 20.5 Å². The van der Waals surface area contributed by atoms with E-state index in [1.807, 2.05) is 6.07 Å². The van der Waals surface area contributed by atoms with Crippen LogP contribution in [0.25, 0.3) is 0 Å². The van der Waals surface area contributed by atoms with Crippen molar-refractivity contribution in [1.29, 1.82) is 0 Å². The minimum absolute atomic E-state index is 0.238. The third-order valence-electron chi connectivity index (χ3n) is 3.10. The topological polar surface area (TPSA) is 68.9 Å². The van der Waals surface area contributed by atoms with Gasteiger partial charge in [-0.3, -0.25) is 0 Å². The van der Waals surface area contributed by atoms with E-state index in [0.717, 1.165) is 5.56 Å². The number of rotatable bonds is 5. The molecule has 0 aliphatic rings. The smallest absolute Gasteiger partial charge is 0.193 e. The van der Waals surface area contributed by atoms with E-state index in [2.05, 4.69) is 10.3 Å². The van der Waals surface area contributed by atoms with Gasteiger partial charge >= 0.3 is 0 Å². The normalized spacial score (nSPS) is 11.2. The van der Waals surface area contributed by atoms with E-state index in [9.17, 15) is 0 Å². The number of anilines is 1. The Morgan fingerprint density at radius 2 is 1.91 bits per heavy atom. The summed E-state index contributed by atoms with van der Waals surface area (Å²) in [6.45, 7) is 0.334. The molecule has 5 nitrogen and oxygen atoms in total. The van der Waals surface area contributed by atoms with Crippen molar-refractivity contribution in [2.45, 2.75) is 6.54 Å². The summed E-state index contributed by atoms with van der Waals surface area (Å²) in [5.74, 6) is 1.55. The second-order valence-electron chi connectivity index (χ2n) is 4.63. The van der Waals surface area contributed by atoms with Gasteiger partial charge in [-0.1, -0.05) is 29.3 Å². The largest absolute Gasteiger partial charge is 0.497 e. The van der Waals surface area contributed by atoms with Gasteiger partial charge in [0.15, 0.2) is 5.96 Å². The molecule has 7 heteroatoms. The maximum Gasteiger partial charge on any atom is 0.193 e. The fourth-order valence-corrected chi connectivity index (χ4v) is 2.38. The van der Waals surface area contributed by atoms with E-state index in [1.165, 1.54) is 0 Å². The van der Waals surface area contributed by atoms with E-state index >= 15 is 0 Å². The Balaban J connectivity index is 2.13. The molecule has 0 aliphatic carbocycles. The molecule has 0 atom stereocenters. The molecule has 0 saturated heterocycles. The van der Waals surface area contributed by atoms with Crippen molar-refractivity contribution in [3.05, 3.63) is 52.0 Å². The fraction of sp³-hybridized carbons (Fsp3) is 0.188. The van der Waals surface area contributed by atoms with E-state index in [0.29, 0.717) is 33.8 Å². The number of methoxy groups -OCH3 is 2. The van der Waals surface area contributed by atoms with E-state index in [-0.39, 0.29) is 5.96 Å². The lowest BCUT2D eigenvalue weighted by Crippen LogP contribution is -2.23. The van der Waals surface area contributed by atoms with Crippen molar-refractivity contribution in [2.75, 3.05) is 19.5 Å². The summed E-state index contributed by atoms with van der Waals surface area (Å²) >= 11 is 12.0. The molecule has 23 heavy (non-hydrogen) atoms. The third-order valence-corrected chi connectivity index (χ3v) is 3.69. The van der Waals surface area contributed by atoms with E-state index < -0.39 is 0 Å². The highest BCUT2D eigenvalue weighted by Crippen LogP contribution is 2.28. The monoisotopic (exact) mass is 353 g/mol. The van der Waals surface area contributed by atoms with Crippen LogP contribution in [0.1, 0.15) is 5.56 Å². The molecule has 0 unspecified atom stereocenters. The molecule has 2 aromatic carbocycles. The molecule has 2 rings (SSSR count). The first-order chi connectivity index (χ1) is 11.0. The predicted molar refractivity (Wildman–Crippen MR) is 95.0 cm³/mol. The molecule has 0 bridgehead atoms. The zero-order valence-corrected chi connectivity index (χ0v) is 14.3. The van der Waals surface area contributed by atoms with E-state index in [4.69, 9.17) is 38.4 Å². The van der Waals surface area contributed by atoms with Crippen molar-refractivity contribution in [3.63, 3.8) is 0 Å². The quantitative estimate of drug-likeness (QED) is 0.630. The number of nitrogens with zero attached hydrogens (tertiary/aromatic N) is 1. The van der Waals surface area contributed by atoms with Gasteiger partial charge < -0.3 is 20.5 Å². The van der Waals surface area contributed by atoms with E-state index in [1.54, 1.807) is 44.6 Å². The second-order valence-corrected chi connectivity index (χ2v) is 5.47. The summed E-state index contributed by atoms with van der Waals surface area (Å²) in [7, 11) is 3.17. The molecule has 0 amide bonds. The Morgan fingerprint density at radius 1 is 1.13 bits per heavy atom. The van der Waals surface area contributed by atoms with Crippen molar-refractivity contribution in [2.24, 2.45) is 10.7 Å². The van der Waals surface area contributed by atoms with Crippen LogP contribution in [0, 0.1) is 0 Å². The Bertz CT molecular complexity index is 720. The van der Waals surface area contributed by atoms with Gasteiger partial charge in [-0.25, -0.2) is 4.99 Å². The standard InChI is InChI=1S/C16H17Cl2N3O2/c1-22-12-5-6-15(23-2)14(8-12)21-16(19)20-9-10-3-4-11(17)7-13(10)18/h3-8H,9H2,1-2H3,(H3,19,20,21). The number of halogens is 2. The van der Waals surface area contributed by atoms with Gasteiger partial charge in [-0.2, -0.15) is 0 Å². The zero-order valence-electron chi connectivity index (χ0n) is 12.8. The number of hydrogen-bond donors (Lipinski definition) is 2. The molecule has 0 spiro atoms. The first-order valence-corrected chi connectivity index (χ1v) is 7.52. The number of hydrogen-bond acceptors (Lipinski definition) is 3. The lowest BCUT2D eigenvalue weighted by atomic mass is 10.2. The van der Waals surface area contributed by atoms with Gasteiger partial charge in [0.25, 0.3) is 0 Å². The van der Waals surface area contributed by atoms with Crippen LogP contribution in [0.15, 0.2) is 41.4 Å². The maximum atomic E-state index is 6.11. The average Bonchev–Trinajstić information content (AvgIpc) is 2.54. The average molecular weight is 354 g/mol. The Morgan fingerprint density at radius 3 is 2.57 bits per heavy atom. The SMILES string of the molecule is COc1ccc(OC)c(NC(N)=NCc2ccc(Cl)cc2Cl)c1.